The van der Waals surface area contributed by atoms with Crippen molar-refractivity contribution in [3.05, 3.63) is 29.7 Å². The van der Waals surface area contributed by atoms with E-state index in [0.29, 0.717) is 23.5 Å². The van der Waals surface area contributed by atoms with E-state index < -0.39 is 11.4 Å². The summed E-state index contributed by atoms with van der Waals surface area (Å²) in [5.74, 6) is -1.19. The van der Waals surface area contributed by atoms with Crippen molar-refractivity contribution in [2.75, 3.05) is 6.54 Å². The zero-order chi connectivity index (χ0) is 17.0. The van der Waals surface area contributed by atoms with Gasteiger partial charge in [0.15, 0.2) is 0 Å². The normalized spacial score (nSPS) is 16.5. The summed E-state index contributed by atoms with van der Waals surface area (Å²) in [6.07, 6.45) is 8.75. The lowest BCUT2D eigenvalue weighted by Crippen LogP contribution is -2.44. The number of carboxylic acids is 1. The molecule has 2 N–H and O–H groups in total. The third-order valence-corrected chi connectivity index (χ3v) is 5.24. The van der Waals surface area contributed by atoms with E-state index in [0.717, 1.165) is 19.3 Å². The summed E-state index contributed by atoms with van der Waals surface area (Å²) in [4.78, 5) is 36.3. The van der Waals surface area contributed by atoms with Crippen LogP contribution in [0.4, 0.5) is 0 Å². The Hall–Kier alpha value is -2.35. The Balaban J connectivity index is 1.67. The van der Waals surface area contributed by atoms with Crippen molar-refractivity contribution in [1.82, 2.24) is 20.3 Å². The number of rotatable bonds is 5. The number of nitrogens with one attached hydrogen (secondary N) is 1. The molecule has 0 spiro atoms. The second-order valence-electron chi connectivity index (χ2n) is 5.96. The van der Waals surface area contributed by atoms with Crippen molar-refractivity contribution >= 4 is 23.2 Å². The average molecular weight is 346 g/mol. The smallest absolute Gasteiger partial charge is 0.311 e. The van der Waals surface area contributed by atoms with Crippen LogP contribution in [0.5, 0.6) is 0 Å². The molecule has 1 fully saturated rings. The number of aliphatic carboxylic acids is 1. The van der Waals surface area contributed by atoms with E-state index in [-0.39, 0.29) is 18.1 Å². The number of thiazole rings is 1. The minimum atomic E-state index is -0.850. The maximum absolute atomic E-state index is 12.3. The van der Waals surface area contributed by atoms with E-state index in [1.165, 1.54) is 11.3 Å². The van der Waals surface area contributed by atoms with Crippen LogP contribution in [-0.2, 0) is 4.79 Å². The fraction of sp³-hybridized carbons (Fsp3) is 0.438. The molecule has 0 atom stereocenters. The second kappa shape index (κ2) is 7.04. The van der Waals surface area contributed by atoms with Crippen LogP contribution in [0.1, 0.15) is 42.6 Å². The minimum Gasteiger partial charge on any atom is -0.481 e. The molecular weight excluding hydrogens is 328 g/mol. The highest BCUT2D eigenvalue weighted by Gasteiger charge is 2.39. The van der Waals surface area contributed by atoms with Crippen molar-refractivity contribution in [2.45, 2.75) is 32.1 Å². The van der Waals surface area contributed by atoms with Gasteiger partial charge in [0.05, 0.1) is 11.6 Å². The molecule has 126 valence electrons. The number of aromatic nitrogens is 3. The number of nitrogens with zero attached hydrogens (tertiary/aromatic N) is 3. The molecule has 0 unspecified atom stereocenters. The summed E-state index contributed by atoms with van der Waals surface area (Å²) in [6.45, 7) is 0.138. The highest BCUT2D eigenvalue weighted by molar-refractivity contribution is 7.13. The number of hydrogen-bond acceptors (Lipinski definition) is 6. The van der Waals surface area contributed by atoms with Crippen LogP contribution in [0, 0.1) is 5.41 Å². The molecule has 1 amide bonds. The highest BCUT2D eigenvalue weighted by Crippen LogP contribution is 2.36. The van der Waals surface area contributed by atoms with Crippen molar-refractivity contribution in [3.63, 3.8) is 0 Å². The van der Waals surface area contributed by atoms with Gasteiger partial charge in [0.2, 0.25) is 0 Å². The first-order chi connectivity index (χ1) is 11.6. The molecule has 3 rings (SSSR count). The van der Waals surface area contributed by atoms with Crippen molar-refractivity contribution in [1.29, 1.82) is 0 Å². The first-order valence-electron chi connectivity index (χ1n) is 7.84. The average Bonchev–Trinajstić information content (AvgIpc) is 3.11. The van der Waals surface area contributed by atoms with Crippen LogP contribution >= 0.6 is 11.3 Å². The SMILES string of the molecule is O=C(NCC1(C(=O)O)CCCCC1)c1csc(-c2cnccn2)n1. The Kier molecular flexibility index (Phi) is 4.84. The fourth-order valence-corrected chi connectivity index (χ4v) is 3.70. The second-order valence-corrected chi connectivity index (χ2v) is 6.82. The molecule has 24 heavy (non-hydrogen) atoms. The minimum absolute atomic E-state index is 0.138. The third kappa shape index (κ3) is 3.43. The molecule has 2 aromatic heterocycles. The number of hydrogen-bond donors (Lipinski definition) is 2. The van der Waals surface area contributed by atoms with Gasteiger partial charge in [0.1, 0.15) is 16.4 Å². The molecule has 0 radical (unpaired) electrons. The predicted molar refractivity (Wildman–Crippen MR) is 88.6 cm³/mol. The molecule has 0 saturated heterocycles. The largest absolute Gasteiger partial charge is 0.481 e. The Morgan fingerprint density at radius 3 is 2.71 bits per heavy atom. The van der Waals surface area contributed by atoms with Gasteiger partial charge < -0.3 is 10.4 Å². The van der Waals surface area contributed by atoms with Gasteiger partial charge in [-0.1, -0.05) is 19.3 Å². The first kappa shape index (κ1) is 16.5. The summed E-state index contributed by atoms with van der Waals surface area (Å²) in [7, 11) is 0. The van der Waals surface area contributed by atoms with Crippen molar-refractivity contribution in [2.24, 2.45) is 5.41 Å². The summed E-state index contributed by atoms with van der Waals surface area (Å²) >= 11 is 1.31. The molecule has 8 heteroatoms. The van der Waals surface area contributed by atoms with E-state index in [9.17, 15) is 14.7 Å². The summed E-state index contributed by atoms with van der Waals surface area (Å²) in [5, 5.41) is 14.5. The number of amides is 1. The van der Waals surface area contributed by atoms with Crippen molar-refractivity contribution in [3.8, 4) is 10.7 Å². The number of carboxylic acid groups (broad SMARTS) is 1. The molecule has 2 aromatic rings. The third-order valence-electron chi connectivity index (χ3n) is 4.37. The van der Waals surface area contributed by atoms with E-state index in [1.807, 2.05) is 0 Å². The summed E-state index contributed by atoms with van der Waals surface area (Å²) in [6, 6.07) is 0. The Bertz CT molecular complexity index is 726. The highest BCUT2D eigenvalue weighted by atomic mass is 32.1. The lowest BCUT2D eigenvalue weighted by Gasteiger charge is -2.33. The number of carbonyl (C=O) groups is 2. The van der Waals surface area contributed by atoms with Crippen LogP contribution in [-0.4, -0.2) is 38.5 Å². The van der Waals surface area contributed by atoms with Gasteiger partial charge >= 0.3 is 5.97 Å². The van der Waals surface area contributed by atoms with Gasteiger partial charge in [-0.2, -0.15) is 0 Å². The molecular formula is C16H18N4O3S. The van der Waals surface area contributed by atoms with Gasteiger partial charge in [0, 0.05) is 24.3 Å². The Morgan fingerprint density at radius 1 is 1.25 bits per heavy atom. The molecule has 1 aliphatic rings. The zero-order valence-corrected chi connectivity index (χ0v) is 13.9. The van der Waals surface area contributed by atoms with E-state index in [2.05, 4.69) is 20.3 Å². The van der Waals surface area contributed by atoms with Gasteiger partial charge in [-0.3, -0.25) is 19.6 Å². The number of carbonyl (C=O) groups excluding carboxylic acids is 1. The van der Waals surface area contributed by atoms with Crippen LogP contribution in [0.3, 0.4) is 0 Å². The standard InChI is InChI=1S/C16H18N4O3S/c21-13(19-10-16(15(22)23)4-2-1-3-5-16)12-9-24-14(20-12)11-8-17-6-7-18-11/h6-9H,1-5,10H2,(H,19,21)(H,22,23). The van der Waals surface area contributed by atoms with Gasteiger partial charge in [-0.25, -0.2) is 4.98 Å². The summed E-state index contributed by atoms with van der Waals surface area (Å²) in [5.41, 5.74) is 0.0327. The van der Waals surface area contributed by atoms with Crippen LogP contribution < -0.4 is 5.32 Å². The van der Waals surface area contributed by atoms with E-state index in [1.54, 1.807) is 24.0 Å². The van der Waals surface area contributed by atoms with Crippen LogP contribution in [0.15, 0.2) is 24.0 Å². The predicted octanol–water partition coefficient (Wildman–Crippen LogP) is 2.36. The fourth-order valence-electron chi connectivity index (χ4n) is 2.94. The first-order valence-corrected chi connectivity index (χ1v) is 8.72. The van der Waals surface area contributed by atoms with E-state index in [4.69, 9.17) is 0 Å². The van der Waals surface area contributed by atoms with Crippen LogP contribution in [0.25, 0.3) is 10.7 Å². The van der Waals surface area contributed by atoms with Gasteiger partial charge in [0.25, 0.3) is 5.91 Å². The quantitative estimate of drug-likeness (QED) is 0.861. The van der Waals surface area contributed by atoms with Gasteiger partial charge in [-0.05, 0) is 12.8 Å². The lowest BCUT2D eigenvalue weighted by atomic mass is 9.74. The lowest BCUT2D eigenvalue weighted by molar-refractivity contribution is -0.150. The van der Waals surface area contributed by atoms with Gasteiger partial charge in [-0.15, -0.1) is 11.3 Å². The summed E-state index contributed by atoms with van der Waals surface area (Å²) < 4.78 is 0. The molecule has 1 saturated carbocycles. The molecule has 0 aliphatic heterocycles. The molecule has 7 nitrogen and oxygen atoms in total. The van der Waals surface area contributed by atoms with E-state index >= 15 is 0 Å². The topological polar surface area (TPSA) is 105 Å². The maximum Gasteiger partial charge on any atom is 0.311 e. The molecule has 1 aliphatic carbocycles. The Morgan fingerprint density at radius 2 is 2.04 bits per heavy atom. The Labute approximate surface area is 143 Å². The monoisotopic (exact) mass is 346 g/mol. The van der Waals surface area contributed by atoms with Crippen LogP contribution in [0.2, 0.25) is 0 Å². The zero-order valence-electron chi connectivity index (χ0n) is 13.1. The molecule has 2 heterocycles. The maximum atomic E-state index is 12.3. The molecule has 0 aromatic carbocycles. The molecule has 0 bridgehead atoms. The van der Waals surface area contributed by atoms with Crippen molar-refractivity contribution < 1.29 is 14.7 Å².